The van der Waals surface area contributed by atoms with Gasteiger partial charge in [-0.3, -0.25) is 14.5 Å². The van der Waals surface area contributed by atoms with Crippen molar-refractivity contribution in [3.8, 4) is 0 Å². The number of likely N-dealkylation sites (tertiary alicyclic amines) is 1. The molecule has 5 nitrogen and oxygen atoms in total. The number of hydrogen-bond donors (Lipinski definition) is 0. The van der Waals surface area contributed by atoms with Crippen molar-refractivity contribution in [3.63, 3.8) is 0 Å². The van der Waals surface area contributed by atoms with Crippen molar-refractivity contribution in [3.05, 3.63) is 59.7 Å². The maximum absolute atomic E-state index is 13.5. The molecule has 5 heteroatoms. The number of benzene rings is 2. The topological polar surface area (TPSA) is 43.9 Å². The van der Waals surface area contributed by atoms with Crippen LogP contribution in [0.2, 0.25) is 0 Å². The van der Waals surface area contributed by atoms with Crippen molar-refractivity contribution in [2.45, 2.75) is 69.7 Å². The first-order chi connectivity index (χ1) is 16.6. The fourth-order valence-electron chi connectivity index (χ4n) is 6.11. The predicted octanol–water partition coefficient (Wildman–Crippen LogP) is 5.60. The third-order valence-corrected chi connectivity index (χ3v) is 8.10. The molecule has 1 aliphatic carbocycles. The van der Waals surface area contributed by atoms with E-state index in [1.54, 1.807) is 4.90 Å². The number of hydrogen-bond acceptors (Lipinski definition) is 3. The molecule has 3 aliphatic rings. The van der Waals surface area contributed by atoms with E-state index >= 15 is 0 Å². The van der Waals surface area contributed by atoms with Crippen molar-refractivity contribution in [1.82, 2.24) is 4.90 Å². The predicted molar refractivity (Wildman–Crippen MR) is 138 cm³/mol. The number of piperidine rings is 1. The second kappa shape index (κ2) is 10.3. The van der Waals surface area contributed by atoms with Crippen molar-refractivity contribution >= 4 is 23.2 Å². The minimum Gasteiger partial charge on any atom is -0.311 e. The van der Waals surface area contributed by atoms with Gasteiger partial charge in [0.05, 0.1) is 6.04 Å². The molecule has 5 rings (SSSR count). The molecule has 0 N–H and O–H groups in total. The highest BCUT2D eigenvalue weighted by molar-refractivity contribution is 6.07. The molecule has 2 heterocycles. The van der Waals surface area contributed by atoms with Gasteiger partial charge >= 0.3 is 0 Å². The van der Waals surface area contributed by atoms with Crippen LogP contribution in [0.1, 0.15) is 79.6 Å². The molecule has 2 amide bonds. The normalized spacial score (nSPS) is 22.2. The molecule has 2 aromatic rings. The van der Waals surface area contributed by atoms with Gasteiger partial charge in [-0.25, -0.2) is 0 Å². The summed E-state index contributed by atoms with van der Waals surface area (Å²) in [6.45, 7) is 2.85. The Balaban J connectivity index is 1.29. The van der Waals surface area contributed by atoms with Gasteiger partial charge in [0.15, 0.2) is 0 Å². The van der Waals surface area contributed by atoms with Crippen LogP contribution in [0.25, 0.3) is 0 Å². The van der Waals surface area contributed by atoms with E-state index in [-0.39, 0.29) is 17.9 Å². The van der Waals surface area contributed by atoms with Crippen molar-refractivity contribution < 1.29 is 9.59 Å². The van der Waals surface area contributed by atoms with Crippen molar-refractivity contribution in [2.75, 3.05) is 36.5 Å². The Labute approximate surface area is 203 Å². The number of carbonyl (C=O) groups excluding carboxylic acids is 2. The van der Waals surface area contributed by atoms with Crippen LogP contribution in [0.4, 0.5) is 11.4 Å². The number of anilines is 2. The third-order valence-electron chi connectivity index (χ3n) is 8.10. The van der Waals surface area contributed by atoms with Gasteiger partial charge in [0.25, 0.3) is 5.91 Å². The van der Waals surface area contributed by atoms with Gasteiger partial charge in [-0.2, -0.15) is 0 Å². The van der Waals surface area contributed by atoms with Crippen LogP contribution in [-0.4, -0.2) is 49.4 Å². The Morgan fingerprint density at radius 3 is 2.24 bits per heavy atom. The summed E-state index contributed by atoms with van der Waals surface area (Å²) in [5, 5.41) is 0. The molecular formula is C29H37N3O2. The molecular weight excluding hydrogens is 422 g/mol. The van der Waals surface area contributed by atoms with E-state index in [1.165, 1.54) is 56.9 Å². The molecule has 0 radical (unpaired) electrons. The zero-order valence-corrected chi connectivity index (χ0v) is 20.4. The van der Waals surface area contributed by atoms with Crippen molar-refractivity contribution in [2.24, 2.45) is 0 Å². The maximum Gasteiger partial charge on any atom is 0.258 e. The van der Waals surface area contributed by atoms with Crippen LogP contribution >= 0.6 is 0 Å². The van der Waals surface area contributed by atoms with Crippen molar-refractivity contribution in [1.29, 1.82) is 0 Å². The molecule has 1 saturated carbocycles. The lowest BCUT2D eigenvalue weighted by Gasteiger charge is -2.31. The number of rotatable bonds is 5. The standard InChI is InChI=1S/C29H37N3O2/c1-30(28(33)26-13-7-6-12-25(26)22-10-4-2-5-11-22)23-14-16-24(17-15-23)32-21-18-27(29(32)34)31-19-8-3-9-20-31/h6-7,12-17,22,27H,2-5,8-11,18-21H2,1H3. The Morgan fingerprint density at radius 1 is 0.824 bits per heavy atom. The van der Waals surface area contributed by atoms with E-state index in [0.717, 1.165) is 43.0 Å². The smallest absolute Gasteiger partial charge is 0.258 e. The first-order valence-electron chi connectivity index (χ1n) is 13.2. The summed E-state index contributed by atoms with van der Waals surface area (Å²) >= 11 is 0. The number of carbonyl (C=O) groups is 2. The average molecular weight is 460 g/mol. The van der Waals surface area contributed by atoms with Crippen LogP contribution in [0, 0.1) is 0 Å². The molecule has 2 aliphatic heterocycles. The van der Waals surface area contributed by atoms with Gasteiger partial charge in [-0.05, 0) is 87.0 Å². The molecule has 34 heavy (non-hydrogen) atoms. The Morgan fingerprint density at radius 2 is 1.50 bits per heavy atom. The largest absolute Gasteiger partial charge is 0.311 e. The summed E-state index contributed by atoms with van der Waals surface area (Å²) in [6.07, 6.45) is 10.7. The van der Waals surface area contributed by atoms with Gasteiger partial charge < -0.3 is 9.80 Å². The zero-order chi connectivity index (χ0) is 23.5. The van der Waals surface area contributed by atoms with Crippen LogP contribution in [0.15, 0.2) is 48.5 Å². The summed E-state index contributed by atoms with van der Waals surface area (Å²) in [7, 11) is 1.85. The number of nitrogens with zero attached hydrogens (tertiary/aromatic N) is 3. The Kier molecular flexibility index (Phi) is 7.00. The highest BCUT2D eigenvalue weighted by Crippen LogP contribution is 2.35. The van der Waals surface area contributed by atoms with E-state index in [9.17, 15) is 9.59 Å². The van der Waals surface area contributed by atoms with Crippen LogP contribution in [0.3, 0.4) is 0 Å². The van der Waals surface area contributed by atoms with E-state index in [0.29, 0.717) is 5.92 Å². The molecule has 0 spiro atoms. The lowest BCUT2D eigenvalue weighted by Crippen LogP contribution is -2.44. The van der Waals surface area contributed by atoms with E-state index in [2.05, 4.69) is 17.0 Å². The first-order valence-corrected chi connectivity index (χ1v) is 13.2. The molecule has 1 unspecified atom stereocenters. The van der Waals surface area contributed by atoms with Crippen LogP contribution in [-0.2, 0) is 4.79 Å². The van der Waals surface area contributed by atoms with Gasteiger partial charge in [-0.1, -0.05) is 43.9 Å². The van der Waals surface area contributed by atoms with Crippen LogP contribution < -0.4 is 9.80 Å². The van der Waals surface area contributed by atoms with Gasteiger partial charge in [-0.15, -0.1) is 0 Å². The molecule has 0 aromatic heterocycles. The maximum atomic E-state index is 13.5. The highest BCUT2D eigenvalue weighted by Gasteiger charge is 2.37. The van der Waals surface area contributed by atoms with E-state index < -0.39 is 0 Å². The Hall–Kier alpha value is -2.66. The SMILES string of the molecule is CN(C(=O)c1ccccc1C1CCCCC1)c1ccc(N2CCC(N3CCCCC3)C2=O)cc1. The van der Waals surface area contributed by atoms with Gasteiger partial charge in [0, 0.05) is 30.5 Å². The monoisotopic (exact) mass is 459 g/mol. The second-order valence-corrected chi connectivity index (χ2v) is 10.2. The minimum atomic E-state index is 0.0283. The highest BCUT2D eigenvalue weighted by atomic mass is 16.2. The van der Waals surface area contributed by atoms with E-state index in [4.69, 9.17) is 0 Å². The summed E-state index contributed by atoms with van der Waals surface area (Å²) < 4.78 is 0. The Bertz CT molecular complexity index is 1010. The fraction of sp³-hybridized carbons (Fsp3) is 0.517. The number of amides is 2. The molecule has 2 aromatic carbocycles. The summed E-state index contributed by atoms with van der Waals surface area (Å²) in [4.78, 5) is 32.6. The molecule has 0 bridgehead atoms. The summed E-state index contributed by atoms with van der Waals surface area (Å²) in [6, 6.07) is 16.1. The average Bonchev–Trinajstić information content (AvgIpc) is 3.30. The third kappa shape index (κ3) is 4.63. The van der Waals surface area contributed by atoms with Gasteiger partial charge in [0.2, 0.25) is 5.91 Å². The first kappa shape index (κ1) is 23.1. The lowest BCUT2D eigenvalue weighted by molar-refractivity contribution is -0.122. The summed E-state index contributed by atoms with van der Waals surface area (Å²) in [5.41, 5.74) is 3.80. The quantitative estimate of drug-likeness (QED) is 0.584. The van der Waals surface area contributed by atoms with Gasteiger partial charge in [0.1, 0.15) is 0 Å². The fourth-order valence-corrected chi connectivity index (χ4v) is 6.11. The lowest BCUT2D eigenvalue weighted by atomic mass is 9.82. The van der Waals surface area contributed by atoms with Crippen LogP contribution in [0.5, 0.6) is 0 Å². The van der Waals surface area contributed by atoms with E-state index in [1.807, 2.05) is 48.3 Å². The summed E-state index contributed by atoms with van der Waals surface area (Å²) in [5.74, 6) is 0.746. The second-order valence-electron chi connectivity index (χ2n) is 10.2. The molecule has 1 atom stereocenters. The minimum absolute atomic E-state index is 0.0283. The molecule has 3 fully saturated rings. The zero-order valence-electron chi connectivity index (χ0n) is 20.4. The molecule has 2 saturated heterocycles. The molecule has 180 valence electrons.